The van der Waals surface area contributed by atoms with Crippen LogP contribution in [0.15, 0.2) is 24.3 Å². The second kappa shape index (κ2) is 5.09. The van der Waals surface area contributed by atoms with Gasteiger partial charge < -0.3 is 9.47 Å². The van der Waals surface area contributed by atoms with Crippen molar-refractivity contribution >= 4 is 12.1 Å². The highest BCUT2D eigenvalue weighted by Gasteiger charge is 2.09. The number of benzene rings is 1. The number of carbonyl (C=O) groups is 1. The highest BCUT2D eigenvalue weighted by molar-refractivity contribution is 5.96. The molecule has 0 bridgehead atoms. The summed E-state index contributed by atoms with van der Waals surface area (Å²) in [6, 6.07) is 5.05. The predicted octanol–water partition coefficient (Wildman–Crippen LogP) is 2.32. The second-order valence-electron chi connectivity index (χ2n) is 2.62. The van der Waals surface area contributed by atoms with E-state index in [-0.39, 0.29) is 12.5 Å². The van der Waals surface area contributed by atoms with E-state index in [4.69, 9.17) is 5.41 Å². The highest BCUT2D eigenvalue weighted by atomic mass is 19.1. The zero-order valence-electron chi connectivity index (χ0n) is 8.12. The minimum atomic E-state index is -0.938. The van der Waals surface area contributed by atoms with E-state index < -0.39 is 12.0 Å². The zero-order chi connectivity index (χ0) is 11.3. The Kier molecular flexibility index (Phi) is 3.79. The fraction of sp³-hybridized carbons (Fsp3) is 0.200. The zero-order valence-corrected chi connectivity index (χ0v) is 8.12. The molecular weight excluding hydrogens is 201 g/mol. The van der Waals surface area contributed by atoms with Crippen molar-refractivity contribution in [2.24, 2.45) is 0 Å². The highest BCUT2D eigenvalue weighted by Crippen LogP contribution is 2.04. The second-order valence-corrected chi connectivity index (χ2v) is 2.62. The van der Waals surface area contributed by atoms with Crippen LogP contribution in [0.2, 0.25) is 0 Å². The fourth-order valence-electron chi connectivity index (χ4n) is 0.891. The molecule has 0 radical (unpaired) electrons. The maximum atomic E-state index is 12.5. The minimum absolute atomic E-state index is 0.176. The molecule has 1 N–H and O–H groups in total. The number of rotatable bonds is 2. The SMILES string of the molecule is CCOC(=O)OC(=N)c1ccc(F)cc1. The van der Waals surface area contributed by atoms with Crippen molar-refractivity contribution < 1.29 is 18.7 Å². The van der Waals surface area contributed by atoms with Crippen LogP contribution < -0.4 is 0 Å². The van der Waals surface area contributed by atoms with Gasteiger partial charge in [0.1, 0.15) is 5.82 Å². The van der Waals surface area contributed by atoms with Gasteiger partial charge in [0.15, 0.2) is 0 Å². The van der Waals surface area contributed by atoms with E-state index in [1.54, 1.807) is 6.92 Å². The molecule has 15 heavy (non-hydrogen) atoms. The molecule has 0 aliphatic heterocycles. The largest absolute Gasteiger partial charge is 0.515 e. The van der Waals surface area contributed by atoms with Crippen LogP contribution in [0.1, 0.15) is 12.5 Å². The van der Waals surface area contributed by atoms with Crippen LogP contribution in [-0.4, -0.2) is 18.7 Å². The van der Waals surface area contributed by atoms with Gasteiger partial charge in [-0.1, -0.05) is 0 Å². The molecule has 5 heteroatoms. The molecule has 0 saturated carbocycles. The van der Waals surface area contributed by atoms with Crippen LogP contribution in [0.3, 0.4) is 0 Å². The van der Waals surface area contributed by atoms with Crippen LogP contribution in [0.25, 0.3) is 0 Å². The third-order valence-electron chi connectivity index (χ3n) is 1.55. The molecule has 0 saturated heterocycles. The van der Waals surface area contributed by atoms with E-state index in [2.05, 4.69) is 9.47 Å². The first kappa shape index (κ1) is 11.2. The van der Waals surface area contributed by atoms with Crippen molar-refractivity contribution in [3.63, 3.8) is 0 Å². The fourth-order valence-corrected chi connectivity index (χ4v) is 0.891. The molecule has 0 fully saturated rings. The van der Waals surface area contributed by atoms with Gasteiger partial charge in [0.05, 0.1) is 6.61 Å². The molecule has 80 valence electrons. The maximum absolute atomic E-state index is 12.5. The molecule has 1 aromatic carbocycles. The van der Waals surface area contributed by atoms with E-state index in [0.29, 0.717) is 5.56 Å². The summed E-state index contributed by atoms with van der Waals surface area (Å²) >= 11 is 0. The summed E-state index contributed by atoms with van der Waals surface area (Å²) in [7, 11) is 0. The summed E-state index contributed by atoms with van der Waals surface area (Å²) in [5, 5.41) is 7.36. The van der Waals surface area contributed by atoms with Crippen LogP contribution >= 0.6 is 0 Å². The molecule has 0 heterocycles. The van der Waals surface area contributed by atoms with Gasteiger partial charge in [-0.25, -0.2) is 9.18 Å². The number of hydrogen-bond donors (Lipinski definition) is 1. The molecule has 0 aliphatic rings. The first-order valence-corrected chi connectivity index (χ1v) is 4.32. The molecule has 0 atom stereocenters. The third kappa shape index (κ3) is 3.38. The Morgan fingerprint density at radius 2 is 2.00 bits per heavy atom. The Labute approximate surface area is 86.1 Å². The molecule has 1 aromatic rings. The van der Waals surface area contributed by atoms with E-state index in [1.807, 2.05) is 0 Å². The summed E-state index contributed by atoms with van der Waals surface area (Å²) in [6.07, 6.45) is -0.938. The van der Waals surface area contributed by atoms with Gasteiger partial charge in [0.2, 0.25) is 5.90 Å². The smallest absolute Gasteiger partial charge is 0.434 e. The van der Waals surface area contributed by atoms with Crippen molar-refractivity contribution in [1.82, 2.24) is 0 Å². The van der Waals surface area contributed by atoms with Crippen LogP contribution in [0.5, 0.6) is 0 Å². The minimum Gasteiger partial charge on any atom is -0.434 e. The van der Waals surface area contributed by atoms with Gasteiger partial charge in [-0.2, -0.15) is 0 Å². The Morgan fingerprint density at radius 1 is 1.40 bits per heavy atom. The lowest BCUT2D eigenvalue weighted by molar-refractivity contribution is 0.100. The number of hydrogen-bond acceptors (Lipinski definition) is 4. The molecule has 4 nitrogen and oxygen atoms in total. The van der Waals surface area contributed by atoms with Gasteiger partial charge in [-0.15, -0.1) is 0 Å². The monoisotopic (exact) mass is 211 g/mol. The Morgan fingerprint density at radius 3 is 2.53 bits per heavy atom. The maximum Gasteiger partial charge on any atom is 0.515 e. The normalized spacial score (nSPS) is 9.47. The average Bonchev–Trinajstić information content (AvgIpc) is 2.18. The van der Waals surface area contributed by atoms with Crippen LogP contribution in [0.4, 0.5) is 9.18 Å². The van der Waals surface area contributed by atoms with Crippen molar-refractivity contribution in [3.8, 4) is 0 Å². The number of carbonyl (C=O) groups excluding carboxylic acids is 1. The summed E-state index contributed by atoms with van der Waals surface area (Å²) in [5.74, 6) is -0.781. The van der Waals surface area contributed by atoms with Gasteiger partial charge in [-0.05, 0) is 31.2 Å². The van der Waals surface area contributed by atoms with Crippen LogP contribution in [0, 0.1) is 11.2 Å². The first-order valence-electron chi connectivity index (χ1n) is 4.32. The van der Waals surface area contributed by atoms with E-state index in [0.717, 1.165) is 0 Å². The third-order valence-corrected chi connectivity index (χ3v) is 1.55. The quantitative estimate of drug-likeness (QED) is 0.464. The van der Waals surface area contributed by atoms with Gasteiger partial charge in [0, 0.05) is 5.56 Å². The molecule has 0 unspecified atom stereocenters. The lowest BCUT2D eigenvalue weighted by Crippen LogP contribution is -2.13. The van der Waals surface area contributed by atoms with Gasteiger partial charge in [0.25, 0.3) is 0 Å². The number of nitrogens with one attached hydrogen (secondary N) is 1. The first-order chi connectivity index (χ1) is 7.13. The van der Waals surface area contributed by atoms with Crippen molar-refractivity contribution in [1.29, 1.82) is 5.41 Å². The van der Waals surface area contributed by atoms with E-state index >= 15 is 0 Å². The van der Waals surface area contributed by atoms with Gasteiger partial charge >= 0.3 is 6.16 Å². The summed E-state index contributed by atoms with van der Waals surface area (Å²) < 4.78 is 21.5. The van der Waals surface area contributed by atoms with Crippen molar-refractivity contribution in [2.45, 2.75) is 6.92 Å². The number of ether oxygens (including phenoxy) is 2. The standard InChI is InChI=1S/C10H10FNO3/c1-2-14-10(13)15-9(12)7-3-5-8(11)6-4-7/h3-6,12H,2H2,1H3. The van der Waals surface area contributed by atoms with Crippen molar-refractivity contribution in [2.75, 3.05) is 6.61 Å². The lowest BCUT2D eigenvalue weighted by atomic mass is 10.2. The molecule has 0 amide bonds. The average molecular weight is 211 g/mol. The Hall–Kier alpha value is -1.91. The predicted molar refractivity (Wildman–Crippen MR) is 51.3 cm³/mol. The summed E-state index contributed by atoms with van der Waals surface area (Å²) in [5.41, 5.74) is 0.310. The van der Waals surface area contributed by atoms with Crippen LogP contribution in [-0.2, 0) is 9.47 Å². The molecule has 0 spiro atoms. The molecule has 0 aromatic heterocycles. The lowest BCUT2D eigenvalue weighted by Gasteiger charge is -2.04. The molecule has 1 rings (SSSR count). The topological polar surface area (TPSA) is 59.4 Å². The number of halogens is 1. The van der Waals surface area contributed by atoms with E-state index in [9.17, 15) is 9.18 Å². The van der Waals surface area contributed by atoms with E-state index in [1.165, 1.54) is 24.3 Å². The van der Waals surface area contributed by atoms with Gasteiger partial charge in [-0.3, -0.25) is 5.41 Å². The summed E-state index contributed by atoms with van der Waals surface area (Å²) in [4.78, 5) is 10.8. The van der Waals surface area contributed by atoms with Crippen molar-refractivity contribution in [3.05, 3.63) is 35.6 Å². The molecule has 0 aliphatic carbocycles. The Bertz CT molecular complexity index is 361. The Balaban J connectivity index is 2.61. The molecular formula is C10H10FNO3. The summed E-state index contributed by atoms with van der Waals surface area (Å²) in [6.45, 7) is 1.80.